The second-order valence-electron chi connectivity index (χ2n) is 7.07. The highest BCUT2D eigenvalue weighted by atomic mass is 35.5. The van der Waals surface area contributed by atoms with E-state index in [0.29, 0.717) is 22.0 Å². The maximum absolute atomic E-state index is 12.6. The normalized spacial score (nSPS) is 17.8. The van der Waals surface area contributed by atoms with Crippen LogP contribution in [0.3, 0.4) is 0 Å². The number of methoxy groups -OCH3 is 1. The molecule has 0 aromatic heterocycles. The van der Waals surface area contributed by atoms with Crippen LogP contribution in [-0.4, -0.2) is 30.3 Å². The number of hydrogen-bond donors (Lipinski definition) is 2. The zero-order valence-electron chi connectivity index (χ0n) is 16.1. The number of aliphatic hydroxyl groups is 1. The van der Waals surface area contributed by atoms with Crippen molar-refractivity contribution in [2.24, 2.45) is 0 Å². The maximum atomic E-state index is 12.6. The number of ether oxygens (including phenoxy) is 1. The Kier molecular flexibility index (Phi) is 6.33. The summed E-state index contributed by atoms with van der Waals surface area (Å²) in [7, 11) is 1.64. The number of carbonyl (C=O) groups excluding carboxylic acids is 1. The van der Waals surface area contributed by atoms with Crippen LogP contribution in [0.5, 0.6) is 0 Å². The Morgan fingerprint density at radius 1 is 1.18 bits per heavy atom. The fraction of sp³-hybridized carbons (Fsp3) is 0.318. The van der Waals surface area contributed by atoms with Crippen molar-refractivity contribution in [3.63, 3.8) is 0 Å². The van der Waals surface area contributed by atoms with E-state index in [2.05, 4.69) is 5.32 Å². The number of benzene rings is 2. The first-order valence-electron chi connectivity index (χ1n) is 9.15. The average molecular weight is 420 g/mol. The molecule has 0 bridgehead atoms. The number of carbonyl (C=O) groups is 1. The van der Waals surface area contributed by atoms with E-state index in [9.17, 15) is 9.90 Å². The van der Waals surface area contributed by atoms with Gasteiger partial charge in [-0.3, -0.25) is 4.79 Å². The lowest BCUT2D eigenvalue weighted by Crippen LogP contribution is -2.29. The Hall–Kier alpha value is -2.01. The molecule has 0 fully saturated rings. The summed E-state index contributed by atoms with van der Waals surface area (Å²) in [6.07, 6.45) is 1.37. The largest absolute Gasteiger partial charge is 0.509 e. The molecule has 28 heavy (non-hydrogen) atoms. The Labute approximate surface area is 175 Å². The topological polar surface area (TPSA) is 58.6 Å². The quantitative estimate of drug-likeness (QED) is 0.644. The van der Waals surface area contributed by atoms with E-state index in [1.54, 1.807) is 13.2 Å². The zero-order chi connectivity index (χ0) is 20.4. The minimum absolute atomic E-state index is 0.0394. The van der Waals surface area contributed by atoms with Crippen LogP contribution in [-0.2, 0) is 9.53 Å². The molecule has 148 valence electrons. The number of aliphatic hydroxyl groups excluding tert-OH is 1. The number of hydrogen-bond acceptors (Lipinski definition) is 3. The van der Waals surface area contributed by atoms with Gasteiger partial charge in [0, 0.05) is 22.7 Å². The van der Waals surface area contributed by atoms with E-state index in [1.165, 1.54) is 0 Å². The van der Waals surface area contributed by atoms with E-state index >= 15 is 0 Å². The van der Waals surface area contributed by atoms with Gasteiger partial charge >= 0.3 is 0 Å². The minimum Gasteiger partial charge on any atom is -0.509 e. The smallest absolute Gasteiger partial charge is 0.256 e. The molecule has 6 heteroatoms. The summed E-state index contributed by atoms with van der Waals surface area (Å²) < 4.78 is 5.24. The highest BCUT2D eigenvalue weighted by Gasteiger charge is 2.34. The molecule has 2 N–H and O–H groups in total. The maximum Gasteiger partial charge on any atom is 0.256 e. The van der Waals surface area contributed by atoms with Gasteiger partial charge in [-0.25, -0.2) is 0 Å². The second-order valence-corrected chi connectivity index (χ2v) is 7.91. The molecule has 1 aliphatic heterocycles. The number of rotatable bonds is 6. The highest BCUT2D eigenvalue weighted by molar-refractivity contribution is 6.36. The lowest BCUT2D eigenvalue weighted by Gasteiger charge is -2.14. The molecule has 2 aromatic carbocycles. The third-order valence-electron chi connectivity index (χ3n) is 5.10. The van der Waals surface area contributed by atoms with Gasteiger partial charge < -0.3 is 15.2 Å². The van der Waals surface area contributed by atoms with Crippen LogP contribution in [0.1, 0.15) is 30.9 Å². The molecule has 2 unspecified atom stereocenters. The van der Waals surface area contributed by atoms with Gasteiger partial charge in [0.2, 0.25) is 0 Å². The Balaban J connectivity index is 1.95. The van der Waals surface area contributed by atoms with Crippen LogP contribution in [0.2, 0.25) is 10.0 Å². The van der Waals surface area contributed by atoms with Crippen LogP contribution in [0.25, 0.3) is 16.7 Å². The average Bonchev–Trinajstić information content (AvgIpc) is 2.94. The minimum atomic E-state index is -0.425. The van der Waals surface area contributed by atoms with E-state index in [1.807, 2.05) is 44.2 Å². The van der Waals surface area contributed by atoms with Crippen molar-refractivity contribution in [3.8, 4) is 11.1 Å². The summed E-state index contributed by atoms with van der Waals surface area (Å²) in [5.41, 5.74) is 3.53. The van der Waals surface area contributed by atoms with E-state index in [-0.39, 0.29) is 23.3 Å². The number of halogens is 2. The fourth-order valence-electron chi connectivity index (χ4n) is 3.43. The molecule has 3 rings (SSSR count). The van der Waals surface area contributed by atoms with Gasteiger partial charge in [-0.05, 0) is 61.6 Å². The van der Waals surface area contributed by atoms with Crippen LogP contribution in [0, 0.1) is 6.92 Å². The number of amides is 1. The van der Waals surface area contributed by atoms with Crippen molar-refractivity contribution < 1.29 is 14.6 Å². The SMILES string of the molecule is COC(C)CCC1NC(=O)C(c2c(C)cc(-c3ccc(Cl)cc3)cc2Cl)=C1O. The zero-order valence-corrected chi connectivity index (χ0v) is 17.6. The highest BCUT2D eigenvalue weighted by Crippen LogP contribution is 2.37. The van der Waals surface area contributed by atoms with Gasteiger partial charge in [0.15, 0.2) is 0 Å². The molecular weight excluding hydrogens is 397 g/mol. The molecule has 2 aromatic rings. The second kappa shape index (κ2) is 8.56. The number of nitrogens with one attached hydrogen (secondary N) is 1. The lowest BCUT2D eigenvalue weighted by atomic mass is 9.94. The van der Waals surface area contributed by atoms with Crippen molar-refractivity contribution in [3.05, 3.63) is 63.3 Å². The van der Waals surface area contributed by atoms with Gasteiger partial charge in [0.05, 0.1) is 17.7 Å². The van der Waals surface area contributed by atoms with Crippen molar-refractivity contribution in [2.45, 2.75) is 38.8 Å². The Morgan fingerprint density at radius 2 is 1.86 bits per heavy atom. The molecule has 0 saturated carbocycles. The molecule has 0 radical (unpaired) electrons. The van der Waals surface area contributed by atoms with E-state index in [0.717, 1.165) is 23.1 Å². The third-order valence-corrected chi connectivity index (χ3v) is 5.65. The van der Waals surface area contributed by atoms with Crippen molar-refractivity contribution in [2.75, 3.05) is 7.11 Å². The summed E-state index contributed by atoms with van der Waals surface area (Å²) in [5, 5.41) is 14.6. The standard InChI is InChI=1S/C22H23Cl2NO3/c1-12-10-15(14-5-7-16(23)8-6-14)11-17(24)19(12)20-21(26)18(25-22(20)27)9-4-13(2)28-3/h5-8,10-11,13,18,26H,4,9H2,1-3H3,(H,25,27). The van der Waals surface area contributed by atoms with Crippen LogP contribution < -0.4 is 5.32 Å². The predicted molar refractivity (Wildman–Crippen MR) is 114 cm³/mol. The van der Waals surface area contributed by atoms with Crippen molar-refractivity contribution in [1.29, 1.82) is 0 Å². The summed E-state index contributed by atoms with van der Waals surface area (Å²) in [6, 6.07) is 10.8. The van der Waals surface area contributed by atoms with Crippen molar-refractivity contribution in [1.82, 2.24) is 5.32 Å². The van der Waals surface area contributed by atoms with E-state index in [4.69, 9.17) is 27.9 Å². The molecular formula is C22H23Cl2NO3. The molecule has 1 amide bonds. The van der Waals surface area contributed by atoms with Gasteiger partial charge in [0.25, 0.3) is 5.91 Å². The molecule has 1 aliphatic rings. The molecule has 2 atom stereocenters. The van der Waals surface area contributed by atoms with Gasteiger partial charge in [-0.1, -0.05) is 41.4 Å². The van der Waals surface area contributed by atoms with Crippen LogP contribution in [0.4, 0.5) is 0 Å². The van der Waals surface area contributed by atoms with Gasteiger partial charge in [-0.2, -0.15) is 0 Å². The fourth-order valence-corrected chi connectivity index (χ4v) is 3.92. The van der Waals surface area contributed by atoms with Crippen molar-refractivity contribution >= 4 is 34.7 Å². The molecule has 0 spiro atoms. The molecule has 4 nitrogen and oxygen atoms in total. The monoisotopic (exact) mass is 419 g/mol. The molecule has 0 aliphatic carbocycles. The Bertz CT molecular complexity index is 899. The van der Waals surface area contributed by atoms with E-state index < -0.39 is 6.04 Å². The predicted octanol–water partition coefficient (Wildman–Crippen LogP) is 5.55. The summed E-state index contributed by atoms with van der Waals surface area (Å²) in [4.78, 5) is 12.6. The summed E-state index contributed by atoms with van der Waals surface area (Å²) in [5.74, 6) is -0.269. The first-order valence-corrected chi connectivity index (χ1v) is 9.90. The summed E-state index contributed by atoms with van der Waals surface area (Å²) >= 11 is 12.5. The molecule has 1 heterocycles. The van der Waals surface area contributed by atoms with Crippen LogP contribution >= 0.6 is 23.2 Å². The third kappa shape index (κ3) is 4.19. The van der Waals surface area contributed by atoms with Gasteiger partial charge in [0.1, 0.15) is 5.76 Å². The summed E-state index contributed by atoms with van der Waals surface area (Å²) in [6.45, 7) is 3.84. The lowest BCUT2D eigenvalue weighted by molar-refractivity contribution is -0.115. The van der Waals surface area contributed by atoms with Crippen LogP contribution in [0.15, 0.2) is 42.2 Å². The first kappa shape index (κ1) is 20.7. The Morgan fingerprint density at radius 3 is 2.46 bits per heavy atom. The molecule has 0 saturated heterocycles. The number of aryl methyl sites for hydroxylation is 1. The first-order chi connectivity index (χ1) is 13.3. The van der Waals surface area contributed by atoms with Gasteiger partial charge in [-0.15, -0.1) is 0 Å².